The zero-order valence-corrected chi connectivity index (χ0v) is 20.8. The first kappa shape index (κ1) is 26.8. The second-order valence-corrected chi connectivity index (χ2v) is 8.43. The minimum atomic E-state index is -4.08. The van der Waals surface area contributed by atoms with Gasteiger partial charge in [-0.2, -0.15) is 0 Å². The van der Waals surface area contributed by atoms with Crippen LogP contribution in [0.3, 0.4) is 0 Å². The van der Waals surface area contributed by atoms with Gasteiger partial charge in [-0.1, -0.05) is 0 Å². The van der Waals surface area contributed by atoms with Crippen LogP contribution in [0.5, 0.6) is 28.7 Å². The maximum atomic E-state index is 13.2. The van der Waals surface area contributed by atoms with Crippen LogP contribution in [-0.2, 0) is 26.1 Å². The summed E-state index contributed by atoms with van der Waals surface area (Å²) in [5, 5.41) is 0. The van der Waals surface area contributed by atoms with Gasteiger partial charge in [0.15, 0.2) is 23.0 Å². The summed E-state index contributed by atoms with van der Waals surface area (Å²) in [5.74, 6) is 0.854. The van der Waals surface area contributed by atoms with Crippen LogP contribution >= 0.6 is 0 Å². The summed E-state index contributed by atoms with van der Waals surface area (Å²) in [6.45, 7) is 2.16. The van der Waals surface area contributed by atoms with E-state index in [0.29, 0.717) is 35.0 Å². The van der Waals surface area contributed by atoms with Crippen molar-refractivity contribution >= 4 is 22.1 Å². The molecule has 2 rings (SSSR count). The number of sulfonamides is 1. The Morgan fingerprint density at radius 2 is 1.47 bits per heavy atom. The van der Waals surface area contributed by atoms with Crippen LogP contribution in [0, 0.1) is 0 Å². The molecule has 34 heavy (non-hydrogen) atoms. The lowest BCUT2D eigenvalue weighted by Crippen LogP contribution is -2.24. The molecule has 0 heterocycles. The number of carbonyl (C=O) groups excluding carboxylic acids is 1. The fraction of sp³-hybridized carbons (Fsp3) is 0.348. The van der Waals surface area contributed by atoms with Gasteiger partial charge in [0.2, 0.25) is 15.8 Å². The first-order chi connectivity index (χ1) is 16.2. The Morgan fingerprint density at radius 1 is 0.882 bits per heavy atom. The second-order valence-electron chi connectivity index (χ2n) is 6.70. The number of ether oxygens (including phenoxy) is 6. The van der Waals surface area contributed by atoms with E-state index in [1.165, 1.54) is 53.8 Å². The molecule has 0 amide bonds. The van der Waals surface area contributed by atoms with Crippen LogP contribution in [0.1, 0.15) is 18.1 Å². The molecule has 0 aliphatic heterocycles. The van der Waals surface area contributed by atoms with Gasteiger partial charge >= 0.3 is 5.97 Å². The van der Waals surface area contributed by atoms with Crippen molar-refractivity contribution in [2.24, 2.45) is 0 Å². The molecule has 0 aliphatic carbocycles. The number of esters is 1. The second kappa shape index (κ2) is 12.1. The van der Waals surface area contributed by atoms with Gasteiger partial charge in [0.1, 0.15) is 4.90 Å². The number of rotatable bonds is 12. The Kier molecular flexibility index (Phi) is 9.58. The van der Waals surface area contributed by atoms with Crippen molar-refractivity contribution in [1.29, 1.82) is 0 Å². The number of nitrogens with one attached hydrogen (secondary N) is 1. The van der Waals surface area contributed by atoms with Crippen LogP contribution in [-0.4, -0.2) is 56.5 Å². The molecule has 0 aromatic heterocycles. The fourth-order valence-corrected chi connectivity index (χ4v) is 4.29. The van der Waals surface area contributed by atoms with Crippen molar-refractivity contribution in [2.75, 3.05) is 42.2 Å². The molecule has 11 heteroatoms. The first-order valence-electron chi connectivity index (χ1n) is 10.1. The summed E-state index contributed by atoms with van der Waals surface area (Å²) >= 11 is 0. The van der Waals surface area contributed by atoms with Gasteiger partial charge in [-0.05, 0) is 48.4 Å². The highest BCUT2D eigenvalue weighted by atomic mass is 32.2. The minimum Gasteiger partial charge on any atom is -0.493 e. The van der Waals surface area contributed by atoms with Crippen molar-refractivity contribution in [1.82, 2.24) is 4.72 Å². The zero-order chi connectivity index (χ0) is 25.3. The minimum absolute atomic E-state index is 0.0204. The van der Waals surface area contributed by atoms with Crippen LogP contribution < -0.4 is 28.4 Å². The maximum Gasteiger partial charge on any atom is 0.330 e. The van der Waals surface area contributed by atoms with E-state index in [0.717, 1.165) is 0 Å². The third-order valence-electron chi connectivity index (χ3n) is 4.65. The average Bonchev–Trinajstić information content (AvgIpc) is 2.85. The van der Waals surface area contributed by atoms with Gasteiger partial charge < -0.3 is 28.4 Å². The van der Waals surface area contributed by atoms with E-state index >= 15 is 0 Å². The van der Waals surface area contributed by atoms with E-state index in [4.69, 9.17) is 23.7 Å². The molecule has 0 fully saturated rings. The molecule has 0 unspecified atom stereocenters. The van der Waals surface area contributed by atoms with Gasteiger partial charge in [0.25, 0.3) is 0 Å². The first-order valence-corrected chi connectivity index (χ1v) is 11.6. The van der Waals surface area contributed by atoms with E-state index < -0.39 is 16.0 Å². The summed E-state index contributed by atoms with van der Waals surface area (Å²) in [6.07, 6.45) is 2.58. The molecule has 0 saturated heterocycles. The molecular weight excluding hydrogens is 466 g/mol. The molecule has 2 aromatic rings. The quantitative estimate of drug-likeness (QED) is 0.350. The van der Waals surface area contributed by atoms with E-state index in [2.05, 4.69) is 9.46 Å². The largest absolute Gasteiger partial charge is 0.493 e. The van der Waals surface area contributed by atoms with Crippen LogP contribution in [0.2, 0.25) is 0 Å². The number of hydrogen-bond donors (Lipinski definition) is 1. The highest BCUT2D eigenvalue weighted by molar-refractivity contribution is 7.89. The number of carbonyl (C=O) groups is 1. The smallest absolute Gasteiger partial charge is 0.330 e. The predicted octanol–water partition coefficient (Wildman–Crippen LogP) is 2.78. The van der Waals surface area contributed by atoms with Crippen LogP contribution in [0.25, 0.3) is 6.08 Å². The summed E-state index contributed by atoms with van der Waals surface area (Å²) in [7, 11) is 2.85. The number of benzene rings is 2. The van der Waals surface area contributed by atoms with Crippen molar-refractivity contribution in [3.8, 4) is 28.7 Å². The van der Waals surface area contributed by atoms with Crippen molar-refractivity contribution in [3.63, 3.8) is 0 Å². The van der Waals surface area contributed by atoms with E-state index in [1.54, 1.807) is 18.2 Å². The summed E-state index contributed by atoms with van der Waals surface area (Å²) < 4.78 is 60.5. The molecule has 1 N–H and O–H groups in total. The molecule has 0 atom stereocenters. The Labute approximate surface area is 199 Å². The normalized spacial score (nSPS) is 11.2. The highest BCUT2D eigenvalue weighted by Crippen LogP contribution is 2.39. The molecule has 0 saturated carbocycles. The van der Waals surface area contributed by atoms with Crippen LogP contribution in [0.15, 0.2) is 35.2 Å². The van der Waals surface area contributed by atoms with Gasteiger partial charge in [-0.3, -0.25) is 0 Å². The highest BCUT2D eigenvalue weighted by Gasteiger charge is 2.24. The zero-order valence-electron chi connectivity index (χ0n) is 20.0. The molecule has 10 nitrogen and oxygen atoms in total. The third-order valence-corrected chi connectivity index (χ3v) is 6.05. The maximum absolute atomic E-state index is 13.2. The Hall–Kier alpha value is -3.44. The SMILES string of the molecule is CCOc1c(OC)cc(CNS(=O)(=O)c2cc(/C=C/C(=O)OC)cc(OC)c2OC)cc1OC. The lowest BCUT2D eigenvalue weighted by molar-refractivity contribution is -0.134. The topological polar surface area (TPSA) is 119 Å². The van der Waals surface area contributed by atoms with Crippen molar-refractivity contribution < 1.29 is 41.6 Å². The molecule has 2 aromatic carbocycles. The third kappa shape index (κ3) is 6.33. The molecule has 0 spiro atoms. The lowest BCUT2D eigenvalue weighted by Gasteiger charge is -2.17. The van der Waals surface area contributed by atoms with Gasteiger partial charge in [-0.25, -0.2) is 17.9 Å². The van der Waals surface area contributed by atoms with Gasteiger partial charge in [0, 0.05) is 12.6 Å². The van der Waals surface area contributed by atoms with Crippen molar-refractivity contribution in [2.45, 2.75) is 18.4 Å². The molecule has 186 valence electrons. The Morgan fingerprint density at radius 3 is 1.97 bits per heavy atom. The molecular formula is C23H29NO9S. The average molecular weight is 496 g/mol. The monoisotopic (exact) mass is 495 g/mol. The number of hydrogen-bond acceptors (Lipinski definition) is 9. The molecule has 0 radical (unpaired) electrons. The van der Waals surface area contributed by atoms with E-state index in [1.807, 2.05) is 6.92 Å². The standard InChI is InChI=1S/C23H29NO9S/c1-7-33-22-17(28-2)11-16(12-18(22)29-3)14-24-34(26,27)20-13-15(8-9-21(25)31-5)10-19(30-4)23(20)32-6/h8-13,24H,7,14H2,1-6H3/b9-8+. The van der Waals surface area contributed by atoms with E-state index in [-0.39, 0.29) is 22.9 Å². The Balaban J connectivity index is 2.44. The fourth-order valence-electron chi connectivity index (χ4n) is 3.06. The van der Waals surface area contributed by atoms with Gasteiger partial charge in [0.05, 0.1) is 42.2 Å². The summed E-state index contributed by atoms with van der Waals surface area (Å²) in [6, 6.07) is 6.22. The van der Waals surface area contributed by atoms with Crippen molar-refractivity contribution in [3.05, 3.63) is 41.5 Å². The summed E-state index contributed by atoms with van der Waals surface area (Å²) in [5.41, 5.74) is 0.973. The van der Waals surface area contributed by atoms with Crippen LogP contribution in [0.4, 0.5) is 0 Å². The molecule has 0 aliphatic rings. The van der Waals surface area contributed by atoms with Gasteiger partial charge in [-0.15, -0.1) is 0 Å². The number of methoxy groups -OCH3 is 5. The lowest BCUT2D eigenvalue weighted by atomic mass is 10.2. The Bertz CT molecular complexity index is 1120. The summed E-state index contributed by atoms with van der Waals surface area (Å²) in [4.78, 5) is 11.3. The predicted molar refractivity (Wildman–Crippen MR) is 125 cm³/mol. The van der Waals surface area contributed by atoms with E-state index in [9.17, 15) is 13.2 Å². The molecule has 0 bridgehead atoms.